The van der Waals surface area contributed by atoms with Gasteiger partial charge in [-0.25, -0.2) is 9.59 Å². The second-order valence-corrected chi connectivity index (χ2v) is 4.54. The normalized spacial score (nSPS) is 12.3. The van der Waals surface area contributed by atoms with E-state index in [1.54, 1.807) is 7.11 Å². The van der Waals surface area contributed by atoms with Gasteiger partial charge in [0, 0.05) is 20.2 Å². The first kappa shape index (κ1) is 16.7. The van der Waals surface area contributed by atoms with Crippen LogP contribution in [0.5, 0.6) is 0 Å². The first-order valence-corrected chi connectivity index (χ1v) is 6.19. The van der Waals surface area contributed by atoms with Gasteiger partial charge in [-0.3, -0.25) is 0 Å². The maximum atomic E-state index is 11.9. The number of hydrogen-bond donors (Lipinski definition) is 2. The van der Waals surface area contributed by atoms with Crippen LogP contribution in [0.25, 0.3) is 0 Å². The molecule has 0 aliphatic carbocycles. The maximum absolute atomic E-state index is 11.9. The molecule has 0 bridgehead atoms. The van der Waals surface area contributed by atoms with E-state index >= 15 is 0 Å². The Labute approximate surface area is 108 Å². The smallest absolute Gasteiger partial charge is 0.326 e. The van der Waals surface area contributed by atoms with E-state index in [0.29, 0.717) is 26.1 Å². The summed E-state index contributed by atoms with van der Waals surface area (Å²) in [6.45, 7) is 7.09. The van der Waals surface area contributed by atoms with E-state index in [9.17, 15) is 9.59 Å². The Morgan fingerprint density at radius 3 is 2.39 bits per heavy atom. The average molecular weight is 260 g/mol. The van der Waals surface area contributed by atoms with Crippen LogP contribution in [0.3, 0.4) is 0 Å². The van der Waals surface area contributed by atoms with E-state index in [0.717, 1.165) is 0 Å². The molecule has 0 fully saturated rings. The number of carbonyl (C=O) groups is 2. The molecule has 0 saturated carbocycles. The largest absolute Gasteiger partial charge is 0.480 e. The Hall–Kier alpha value is -1.30. The molecule has 2 N–H and O–H groups in total. The number of urea groups is 1. The molecule has 0 rings (SSSR count). The number of hydrogen-bond acceptors (Lipinski definition) is 3. The third-order valence-corrected chi connectivity index (χ3v) is 2.54. The van der Waals surface area contributed by atoms with Crippen molar-refractivity contribution < 1.29 is 19.4 Å². The molecule has 0 aliphatic heterocycles. The Balaban J connectivity index is 4.41. The molecular weight excluding hydrogens is 236 g/mol. The summed E-state index contributed by atoms with van der Waals surface area (Å²) in [4.78, 5) is 24.4. The van der Waals surface area contributed by atoms with Gasteiger partial charge in [-0.05, 0) is 19.3 Å². The van der Waals surface area contributed by atoms with Crippen molar-refractivity contribution in [2.75, 3.05) is 26.8 Å². The zero-order valence-electron chi connectivity index (χ0n) is 11.6. The van der Waals surface area contributed by atoms with Crippen molar-refractivity contribution in [2.24, 2.45) is 5.92 Å². The summed E-state index contributed by atoms with van der Waals surface area (Å²) in [5.74, 6) is -0.791. The van der Waals surface area contributed by atoms with Crippen molar-refractivity contribution in [2.45, 2.75) is 33.2 Å². The highest BCUT2D eigenvalue weighted by Gasteiger charge is 2.23. The second kappa shape index (κ2) is 8.74. The van der Waals surface area contributed by atoms with Crippen molar-refractivity contribution >= 4 is 12.0 Å². The highest BCUT2D eigenvalue weighted by Crippen LogP contribution is 2.05. The lowest BCUT2D eigenvalue weighted by molar-refractivity contribution is -0.139. The molecule has 0 saturated heterocycles. The van der Waals surface area contributed by atoms with Crippen LogP contribution < -0.4 is 5.32 Å². The summed E-state index contributed by atoms with van der Waals surface area (Å²) in [6.07, 6.45) is 0.420. The standard InChI is InChI=1S/C12H24N2O4/c1-5-14(6-7-18-4)12(17)13-10(11(15)16)8-9(2)3/h9-10H,5-8H2,1-4H3,(H,13,17)(H,15,16)/t10-/m0/s1. The fourth-order valence-electron chi connectivity index (χ4n) is 1.54. The van der Waals surface area contributed by atoms with Crippen molar-refractivity contribution in [3.63, 3.8) is 0 Å². The predicted octanol–water partition coefficient (Wildman–Crippen LogP) is 1.16. The summed E-state index contributed by atoms with van der Waals surface area (Å²) in [5.41, 5.74) is 0. The van der Waals surface area contributed by atoms with E-state index in [1.807, 2.05) is 20.8 Å². The zero-order chi connectivity index (χ0) is 14.1. The van der Waals surface area contributed by atoms with E-state index in [1.165, 1.54) is 4.90 Å². The maximum Gasteiger partial charge on any atom is 0.326 e. The molecule has 106 valence electrons. The molecule has 0 aliphatic rings. The molecule has 18 heavy (non-hydrogen) atoms. The van der Waals surface area contributed by atoms with E-state index in [4.69, 9.17) is 9.84 Å². The quantitative estimate of drug-likeness (QED) is 0.686. The molecule has 1 atom stereocenters. The number of carboxylic acids is 1. The Morgan fingerprint density at radius 2 is 2.00 bits per heavy atom. The number of rotatable bonds is 8. The topological polar surface area (TPSA) is 78.9 Å². The number of carboxylic acid groups (broad SMARTS) is 1. The van der Waals surface area contributed by atoms with Gasteiger partial charge in [0.15, 0.2) is 0 Å². The van der Waals surface area contributed by atoms with Gasteiger partial charge >= 0.3 is 12.0 Å². The minimum Gasteiger partial charge on any atom is -0.480 e. The first-order chi connectivity index (χ1) is 8.42. The molecule has 0 aromatic heterocycles. The molecule has 0 spiro atoms. The number of amides is 2. The Kier molecular flexibility index (Phi) is 8.11. The Bertz CT molecular complexity index is 269. The molecule has 6 nitrogen and oxygen atoms in total. The summed E-state index contributed by atoms with van der Waals surface area (Å²) < 4.78 is 4.90. The van der Waals surface area contributed by atoms with Crippen LogP contribution in [0.4, 0.5) is 4.79 Å². The number of aliphatic carboxylic acids is 1. The van der Waals surface area contributed by atoms with Gasteiger partial charge in [0.1, 0.15) is 6.04 Å². The fourth-order valence-corrected chi connectivity index (χ4v) is 1.54. The SMILES string of the molecule is CCN(CCOC)C(=O)N[C@@H](CC(C)C)C(=O)O. The van der Waals surface area contributed by atoms with Crippen LogP contribution in [-0.4, -0.2) is 54.9 Å². The third-order valence-electron chi connectivity index (χ3n) is 2.54. The number of likely N-dealkylation sites (N-methyl/N-ethyl adjacent to an activating group) is 1. The summed E-state index contributed by atoms with van der Waals surface area (Å²) in [6, 6.07) is -1.20. The second-order valence-electron chi connectivity index (χ2n) is 4.54. The predicted molar refractivity (Wildman–Crippen MR) is 68.5 cm³/mol. The van der Waals surface area contributed by atoms with E-state index < -0.39 is 12.0 Å². The minimum absolute atomic E-state index is 0.209. The zero-order valence-corrected chi connectivity index (χ0v) is 11.6. The molecule has 6 heteroatoms. The summed E-state index contributed by atoms with van der Waals surface area (Å²) in [7, 11) is 1.56. The number of methoxy groups -OCH3 is 1. The van der Waals surface area contributed by atoms with Crippen molar-refractivity contribution in [1.82, 2.24) is 10.2 Å². The molecule has 0 aromatic rings. The van der Waals surface area contributed by atoms with Crippen LogP contribution in [0.15, 0.2) is 0 Å². The van der Waals surface area contributed by atoms with Gasteiger partial charge in [0.25, 0.3) is 0 Å². The van der Waals surface area contributed by atoms with Crippen molar-refractivity contribution in [3.8, 4) is 0 Å². The number of nitrogens with one attached hydrogen (secondary N) is 1. The first-order valence-electron chi connectivity index (χ1n) is 6.19. The monoisotopic (exact) mass is 260 g/mol. The van der Waals surface area contributed by atoms with Crippen LogP contribution in [0.2, 0.25) is 0 Å². The van der Waals surface area contributed by atoms with Gasteiger partial charge in [0.2, 0.25) is 0 Å². The van der Waals surface area contributed by atoms with E-state index in [2.05, 4.69) is 5.32 Å². The van der Waals surface area contributed by atoms with Crippen molar-refractivity contribution in [3.05, 3.63) is 0 Å². The van der Waals surface area contributed by atoms with Crippen LogP contribution in [-0.2, 0) is 9.53 Å². The average Bonchev–Trinajstić information content (AvgIpc) is 2.28. The van der Waals surface area contributed by atoms with Crippen molar-refractivity contribution in [1.29, 1.82) is 0 Å². The molecule has 0 unspecified atom stereocenters. The molecule has 0 aromatic carbocycles. The molecule has 2 amide bonds. The lowest BCUT2D eigenvalue weighted by atomic mass is 10.0. The van der Waals surface area contributed by atoms with Crippen LogP contribution in [0.1, 0.15) is 27.2 Å². The lowest BCUT2D eigenvalue weighted by Crippen LogP contribution is -2.49. The number of nitrogens with zero attached hydrogens (tertiary/aromatic N) is 1. The van der Waals surface area contributed by atoms with Gasteiger partial charge < -0.3 is 20.1 Å². The molecule has 0 radical (unpaired) electrons. The summed E-state index contributed by atoms with van der Waals surface area (Å²) in [5, 5.41) is 11.6. The summed E-state index contributed by atoms with van der Waals surface area (Å²) >= 11 is 0. The highest BCUT2D eigenvalue weighted by atomic mass is 16.5. The highest BCUT2D eigenvalue weighted by molar-refractivity contribution is 5.82. The number of ether oxygens (including phenoxy) is 1. The number of carbonyl (C=O) groups excluding carboxylic acids is 1. The van der Waals surface area contributed by atoms with Gasteiger partial charge in [0.05, 0.1) is 6.61 Å². The van der Waals surface area contributed by atoms with Gasteiger partial charge in [-0.2, -0.15) is 0 Å². The van der Waals surface area contributed by atoms with Gasteiger partial charge in [-0.15, -0.1) is 0 Å². The van der Waals surface area contributed by atoms with Crippen LogP contribution >= 0.6 is 0 Å². The van der Waals surface area contributed by atoms with Gasteiger partial charge in [-0.1, -0.05) is 13.8 Å². The Morgan fingerprint density at radius 1 is 1.39 bits per heavy atom. The van der Waals surface area contributed by atoms with Crippen LogP contribution in [0, 0.1) is 5.92 Å². The minimum atomic E-state index is -1.00. The third kappa shape index (κ3) is 6.44. The molecule has 0 heterocycles. The molecular formula is C12H24N2O4. The lowest BCUT2D eigenvalue weighted by Gasteiger charge is -2.24. The van der Waals surface area contributed by atoms with E-state index in [-0.39, 0.29) is 11.9 Å². The fraction of sp³-hybridized carbons (Fsp3) is 0.833.